The molecule has 0 aliphatic heterocycles. The Labute approximate surface area is 98.8 Å². The molecule has 1 aromatic carbocycles. The fourth-order valence-corrected chi connectivity index (χ4v) is 1.30. The maximum Gasteiger partial charge on any atom is 0.145 e. The van der Waals surface area contributed by atoms with E-state index in [1.807, 2.05) is 0 Å². The number of hydrogen-bond donors (Lipinski definition) is 2. The molecule has 0 saturated heterocycles. The number of halogens is 1. The quantitative estimate of drug-likeness (QED) is 0.764. The lowest BCUT2D eigenvalue weighted by atomic mass is 10.1. The first-order chi connectivity index (χ1) is 8.22. The fraction of sp³-hybridized carbons (Fsp3) is 0.167. The maximum atomic E-state index is 13.5. The van der Waals surface area contributed by atoms with E-state index < -0.39 is 5.82 Å². The van der Waals surface area contributed by atoms with Gasteiger partial charge < -0.3 is 15.5 Å². The van der Waals surface area contributed by atoms with Crippen molar-refractivity contribution < 1.29 is 9.13 Å². The van der Waals surface area contributed by atoms with Gasteiger partial charge in [-0.3, -0.25) is 0 Å². The summed E-state index contributed by atoms with van der Waals surface area (Å²) in [4.78, 5) is 0. The van der Waals surface area contributed by atoms with Crippen LogP contribution >= 0.6 is 0 Å². The topological polar surface area (TPSA) is 68.9 Å². The minimum Gasteiger partial charge on any atom is -0.495 e. The Morgan fingerprint density at radius 2 is 2.35 bits per heavy atom. The predicted molar refractivity (Wildman–Crippen MR) is 62.4 cm³/mol. The van der Waals surface area contributed by atoms with Crippen LogP contribution in [0.3, 0.4) is 0 Å². The van der Waals surface area contributed by atoms with E-state index in [9.17, 15) is 4.39 Å². The summed E-state index contributed by atoms with van der Waals surface area (Å²) in [6.07, 6.45) is 4.22. The van der Waals surface area contributed by atoms with Crippen LogP contribution in [0.4, 0.5) is 4.39 Å². The normalized spacial score (nSPS) is 9.94. The molecule has 0 heterocycles. The molecule has 0 amide bonds. The average Bonchev–Trinajstić information content (AvgIpc) is 2.34. The van der Waals surface area contributed by atoms with E-state index in [1.54, 1.807) is 18.3 Å². The first kappa shape index (κ1) is 12.7. The third kappa shape index (κ3) is 3.31. The molecule has 1 aromatic rings. The van der Waals surface area contributed by atoms with Gasteiger partial charge >= 0.3 is 0 Å². The zero-order valence-corrected chi connectivity index (χ0v) is 9.33. The molecule has 88 valence electrons. The molecule has 17 heavy (non-hydrogen) atoms. The molecule has 0 atom stereocenters. The van der Waals surface area contributed by atoms with Crippen LogP contribution in [0.15, 0.2) is 24.4 Å². The van der Waals surface area contributed by atoms with Gasteiger partial charge in [0, 0.05) is 12.8 Å². The molecule has 0 bridgehead atoms. The zero-order chi connectivity index (χ0) is 12.7. The lowest BCUT2D eigenvalue weighted by molar-refractivity contribution is 0.408. The summed E-state index contributed by atoms with van der Waals surface area (Å²) in [6, 6.07) is 4.64. The summed E-state index contributed by atoms with van der Waals surface area (Å²) < 4.78 is 18.4. The summed E-state index contributed by atoms with van der Waals surface area (Å²) in [6.45, 7) is 0.392. The standard InChI is InChI=1S/C12H12FN3O/c1-17-12-6-9(8-16-4-2-3-14)5-11(13)10(12)7-15/h2-6,14,16H,8H2,1H3/b4-2-,14-3?. The lowest BCUT2D eigenvalue weighted by Crippen LogP contribution is -2.06. The van der Waals surface area contributed by atoms with Crippen molar-refractivity contribution in [1.29, 1.82) is 10.7 Å². The molecule has 0 fully saturated rings. The van der Waals surface area contributed by atoms with E-state index in [2.05, 4.69) is 5.32 Å². The van der Waals surface area contributed by atoms with Gasteiger partial charge in [-0.2, -0.15) is 5.26 Å². The lowest BCUT2D eigenvalue weighted by Gasteiger charge is -2.07. The largest absolute Gasteiger partial charge is 0.495 e. The molecule has 0 spiro atoms. The van der Waals surface area contributed by atoms with Crippen LogP contribution in [-0.2, 0) is 6.54 Å². The first-order valence-corrected chi connectivity index (χ1v) is 4.88. The van der Waals surface area contributed by atoms with Gasteiger partial charge in [0.1, 0.15) is 23.2 Å². The van der Waals surface area contributed by atoms with E-state index in [1.165, 1.54) is 19.3 Å². The highest BCUT2D eigenvalue weighted by Gasteiger charge is 2.10. The number of hydrogen-bond acceptors (Lipinski definition) is 4. The number of methoxy groups -OCH3 is 1. The van der Waals surface area contributed by atoms with Crippen molar-refractivity contribution in [3.8, 4) is 11.8 Å². The van der Waals surface area contributed by atoms with Crippen LogP contribution in [0.1, 0.15) is 11.1 Å². The molecular formula is C12H12FN3O. The fourth-order valence-electron chi connectivity index (χ4n) is 1.30. The molecule has 0 unspecified atom stereocenters. The van der Waals surface area contributed by atoms with Gasteiger partial charge in [-0.05, 0) is 30.0 Å². The van der Waals surface area contributed by atoms with Crippen molar-refractivity contribution in [1.82, 2.24) is 5.32 Å². The summed E-state index contributed by atoms with van der Waals surface area (Å²) in [5.74, 6) is -0.375. The van der Waals surface area contributed by atoms with Crippen molar-refractivity contribution in [2.24, 2.45) is 0 Å². The average molecular weight is 233 g/mol. The molecule has 0 radical (unpaired) electrons. The second-order valence-electron chi connectivity index (χ2n) is 3.17. The number of allylic oxidation sites excluding steroid dienone is 1. The van der Waals surface area contributed by atoms with Gasteiger partial charge in [-0.1, -0.05) is 0 Å². The van der Waals surface area contributed by atoms with Gasteiger partial charge in [-0.25, -0.2) is 4.39 Å². The second-order valence-corrected chi connectivity index (χ2v) is 3.17. The number of nitrogens with one attached hydrogen (secondary N) is 2. The monoisotopic (exact) mass is 233 g/mol. The molecule has 0 saturated carbocycles. The second kappa shape index (κ2) is 6.28. The van der Waals surface area contributed by atoms with Gasteiger partial charge in [-0.15, -0.1) is 0 Å². The summed E-state index contributed by atoms with van der Waals surface area (Å²) in [5.41, 5.74) is 0.569. The first-order valence-electron chi connectivity index (χ1n) is 4.88. The van der Waals surface area contributed by atoms with Crippen molar-refractivity contribution >= 4 is 6.21 Å². The number of nitriles is 1. The molecule has 1 rings (SSSR count). The Morgan fingerprint density at radius 3 is 2.94 bits per heavy atom. The number of ether oxygens (including phenoxy) is 1. The van der Waals surface area contributed by atoms with Crippen molar-refractivity contribution in [3.63, 3.8) is 0 Å². The highest BCUT2D eigenvalue weighted by atomic mass is 19.1. The van der Waals surface area contributed by atoms with Crippen molar-refractivity contribution in [2.45, 2.75) is 6.54 Å². The van der Waals surface area contributed by atoms with Gasteiger partial charge in [0.2, 0.25) is 0 Å². The minimum absolute atomic E-state index is 0.0914. The Morgan fingerprint density at radius 1 is 1.59 bits per heavy atom. The third-order valence-corrected chi connectivity index (χ3v) is 2.06. The van der Waals surface area contributed by atoms with Crippen LogP contribution in [0, 0.1) is 22.6 Å². The molecule has 4 nitrogen and oxygen atoms in total. The molecule has 2 N–H and O–H groups in total. The van der Waals surface area contributed by atoms with Crippen LogP contribution in [0.5, 0.6) is 5.75 Å². The Hall–Kier alpha value is -2.35. The van der Waals surface area contributed by atoms with E-state index in [0.717, 1.165) is 6.21 Å². The van der Waals surface area contributed by atoms with E-state index in [0.29, 0.717) is 12.1 Å². The van der Waals surface area contributed by atoms with Crippen LogP contribution < -0.4 is 10.1 Å². The molecule has 0 aliphatic carbocycles. The summed E-state index contributed by atoms with van der Waals surface area (Å²) in [5, 5.41) is 18.4. The minimum atomic E-state index is -0.598. The van der Waals surface area contributed by atoms with E-state index in [-0.39, 0.29) is 11.3 Å². The Bertz CT molecular complexity index is 477. The Kier molecular flexibility index (Phi) is 4.70. The maximum absolute atomic E-state index is 13.5. The molecule has 0 aliphatic rings. The molecular weight excluding hydrogens is 221 g/mol. The molecule has 5 heteroatoms. The van der Waals surface area contributed by atoms with Crippen molar-refractivity contribution in [3.05, 3.63) is 41.4 Å². The van der Waals surface area contributed by atoms with E-state index in [4.69, 9.17) is 15.4 Å². The van der Waals surface area contributed by atoms with Crippen LogP contribution in [-0.4, -0.2) is 13.3 Å². The summed E-state index contributed by atoms with van der Waals surface area (Å²) in [7, 11) is 1.39. The third-order valence-electron chi connectivity index (χ3n) is 2.06. The number of rotatable bonds is 5. The van der Waals surface area contributed by atoms with Crippen molar-refractivity contribution in [2.75, 3.05) is 7.11 Å². The van der Waals surface area contributed by atoms with Crippen LogP contribution in [0.25, 0.3) is 0 Å². The SMILES string of the molecule is COc1cc(CN/C=C\C=N)cc(F)c1C#N. The van der Waals surface area contributed by atoms with Gasteiger partial charge in [0.25, 0.3) is 0 Å². The zero-order valence-electron chi connectivity index (χ0n) is 9.33. The summed E-state index contributed by atoms with van der Waals surface area (Å²) >= 11 is 0. The highest BCUT2D eigenvalue weighted by Crippen LogP contribution is 2.22. The highest BCUT2D eigenvalue weighted by molar-refractivity contribution is 5.67. The molecule has 0 aromatic heterocycles. The number of benzene rings is 1. The Balaban J connectivity index is 2.88. The predicted octanol–water partition coefficient (Wildman–Crippen LogP) is 1.96. The van der Waals surface area contributed by atoms with Crippen LogP contribution in [0.2, 0.25) is 0 Å². The van der Waals surface area contributed by atoms with E-state index >= 15 is 0 Å². The van der Waals surface area contributed by atoms with Gasteiger partial charge in [0.15, 0.2) is 0 Å². The van der Waals surface area contributed by atoms with Gasteiger partial charge in [0.05, 0.1) is 7.11 Å². The number of nitrogens with zero attached hydrogens (tertiary/aromatic N) is 1. The smallest absolute Gasteiger partial charge is 0.145 e.